The van der Waals surface area contributed by atoms with Gasteiger partial charge >= 0.3 is 0 Å². The van der Waals surface area contributed by atoms with Gasteiger partial charge in [-0.15, -0.1) is 0 Å². The lowest BCUT2D eigenvalue weighted by Crippen LogP contribution is -2.14. The summed E-state index contributed by atoms with van der Waals surface area (Å²) in [4.78, 5) is 0. The normalized spacial score (nSPS) is 12.5. The summed E-state index contributed by atoms with van der Waals surface area (Å²) >= 11 is 6.16. The van der Waals surface area contributed by atoms with E-state index < -0.39 is 0 Å². The largest absolute Gasteiger partial charge is 0.489 e. The maximum Gasteiger partial charge on any atom is 0.142 e. The van der Waals surface area contributed by atoms with Crippen LogP contribution < -0.4 is 10.1 Å². The van der Waals surface area contributed by atoms with Gasteiger partial charge in [-0.25, -0.2) is 0 Å². The highest BCUT2D eigenvalue weighted by Gasteiger charge is 2.11. The third-order valence-corrected chi connectivity index (χ3v) is 2.73. The van der Waals surface area contributed by atoms with Gasteiger partial charge in [-0.05, 0) is 26.5 Å². The molecule has 0 bridgehead atoms. The molecular weight excluding hydrogens is 222 g/mol. The number of benzene rings is 1. The van der Waals surface area contributed by atoms with Crippen LogP contribution in [0.15, 0.2) is 18.2 Å². The Balaban J connectivity index is 2.83. The fraction of sp³-hybridized carbons (Fsp3) is 0.538. The van der Waals surface area contributed by atoms with Crippen LogP contribution in [-0.4, -0.2) is 13.2 Å². The van der Waals surface area contributed by atoms with Crippen molar-refractivity contribution >= 4 is 11.6 Å². The molecule has 0 aliphatic carbocycles. The number of hydrogen-bond acceptors (Lipinski definition) is 2. The predicted octanol–water partition coefficient (Wildman–Crippen LogP) is 3.63. The first-order chi connectivity index (χ1) is 7.69. The minimum atomic E-state index is 0.209. The monoisotopic (exact) mass is 241 g/mol. The molecule has 0 spiro atoms. The first-order valence-corrected chi connectivity index (χ1v) is 6.15. The topological polar surface area (TPSA) is 21.3 Å². The molecule has 1 rings (SSSR count). The van der Waals surface area contributed by atoms with Crippen LogP contribution in [0.4, 0.5) is 0 Å². The first kappa shape index (κ1) is 13.3. The molecule has 3 heteroatoms. The summed E-state index contributed by atoms with van der Waals surface area (Å²) in [5.74, 6) is 0.819. The maximum atomic E-state index is 6.16. The molecule has 1 N–H and O–H groups in total. The van der Waals surface area contributed by atoms with Crippen molar-refractivity contribution in [1.29, 1.82) is 0 Å². The number of nitrogens with one attached hydrogen (secondary N) is 1. The van der Waals surface area contributed by atoms with Crippen LogP contribution >= 0.6 is 11.6 Å². The second-order valence-electron chi connectivity index (χ2n) is 3.98. The lowest BCUT2D eigenvalue weighted by atomic mass is 10.2. The summed E-state index contributed by atoms with van der Waals surface area (Å²) in [7, 11) is 1.92. The molecule has 0 aromatic heterocycles. The van der Waals surface area contributed by atoms with Crippen LogP contribution in [0.5, 0.6) is 5.75 Å². The van der Waals surface area contributed by atoms with Gasteiger partial charge < -0.3 is 10.1 Å². The predicted molar refractivity (Wildman–Crippen MR) is 69.2 cm³/mol. The molecule has 0 fully saturated rings. The van der Waals surface area contributed by atoms with E-state index in [1.807, 2.05) is 25.2 Å². The lowest BCUT2D eigenvalue weighted by molar-refractivity contribution is 0.208. The van der Waals surface area contributed by atoms with Gasteiger partial charge in [-0.2, -0.15) is 0 Å². The number of para-hydroxylation sites is 1. The van der Waals surface area contributed by atoms with Crippen LogP contribution in [0.1, 0.15) is 32.3 Å². The quantitative estimate of drug-likeness (QED) is 0.821. The van der Waals surface area contributed by atoms with Gasteiger partial charge in [-0.1, -0.05) is 37.1 Å². The first-order valence-electron chi connectivity index (χ1n) is 5.77. The summed E-state index contributed by atoms with van der Waals surface area (Å²) in [5.41, 5.74) is 1.11. The standard InChI is InChI=1S/C13H20ClNO/c1-4-6-10(2)16-13-11(9-15-3)7-5-8-12(13)14/h5,7-8,10,15H,4,6,9H2,1-3H3. The van der Waals surface area contributed by atoms with Crippen LogP contribution in [0.2, 0.25) is 5.02 Å². The van der Waals surface area contributed by atoms with E-state index in [9.17, 15) is 0 Å². The molecule has 0 heterocycles. The van der Waals surface area contributed by atoms with Crippen molar-refractivity contribution in [3.05, 3.63) is 28.8 Å². The van der Waals surface area contributed by atoms with E-state index in [1.165, 1.54) is 0 Å². The van der Waals surface area contributed by atoms with Crippen LogP contribution in [0, 0.1) is 0 Å². The fourth-order valence-corrected chi connectivity index (χ4v) is 1.92. The Morgan fingerprint density at radius 3 is 2.81 bits per heavy atom. The third-order valence-electron chi connectivity index (χ3n) is 2.43. The Kier molecular flexibility index (Phi) is 5.64. The molecule has 1 aromatic rings. The summed E-state index contributed by atoms with van der Waals surface area (Å²) in [6, 6.07) is 5.86. The average Bonchev–Trinajstić information content (AvgIpc) is 2.24. The van der Waals surface area contributed by atoms with E-state index in [1.54, 1.807) is 0 Å². The lowest BCUT2D eigenvalue weighted by Gasteiger charge is -2.18. The van der Waals surface area contributed by atoms with E-state index in [2.05, 4.69) is 19.2 Å². The van der Waals surface area contributed by atoms with Crippen molar-refractivity contribution in [2.75, 3.05) is 7.05 Å². The minimum Gasteiger partial charge on any atom is -0.489 e. The molecule has 0 amide bonds. The molecule has 0 aliphatic heterocycles. The zero-order valence-electron chi connectivity index (χ0n) is 10.2. The second kappa shape index (κ2) is 6.77. The van der Waals surface area contributed by atoms with Crippen molar-refractivity contribution in [3.8, 4) is 5.75 Å². The SMILES string of the molecule is CCCC(C)Oc1c(Cl)cccc1CNC. The van der Waals surface area contributed by atoms with Gasteiger partial charge in [0.2, 0.25) is 0 Å². The van der Waals surface area contributed by atoms with E-state index in [0.717, 1.165) is 30.7 Å². The zero-order valence-corrected chi connectivity index (χ0v) is 11.0. The summed E-state index contributed by atoms with van der Waals surface area (Å²) in [6.45, 7) is 5.01. The van der Waals surface area contributed by atoms with Crippen LogP contribution in [-0.2, 0) is 6.54 Å². The van der Waals surface area contributed by atoms with Crippen molar-refractivity contribution in [2.24, 2.45) is 0 Å². The summed E-state index contributed by atoms with van der Waals surface area (Å²) < 4.78 is 5.90. The van der Waals surface area contributed by atoms with E-state index in [-0.39, 0.29) is 6.10 Å². The Morgan fingerprint density at radius 1 is 1.44 bits per heavy atom. The van der Waals surface area contributed by atoms with Gasteiger partial charge in [-0.3, -0.25) is 0 Å². The highest BCUT2D eigenvalue weighted by atomic mass is 35.5. The molecule has 1 unspecified atom stereocenters. The summed E-state index contributed by atoms with van der Waals surface area (Å²) in [5, 5.41) is 3.81. The number of halogens is 1. The second-order valence-corrected chi connectivity index (χ2v) is 4.38. The summed E-state index contributed by atoms with van der Waals surface area (Å²) in [6.07, 6.45) is 2.37. The number of ether oxygens (including phenoxy) is 1. The zero-order chi connectivity index (χ0) is 12.0. The van der Waals surface area contributed by atoms with E-state index >= 15 is 0 Å². The molecule has 0 aliphatic rings. The fourth-order valence-electron chi connectivity index (χ4n) is 1.68. The van der Waals surface area contributed by atoms with Crippen LogP contribution in [0.3, 0.4) is 0 Å². The molecule has 0 saturated carbocycles. The molecule has 0 radical (unpaired) electrons. The maximum absolute atomic E-state index is 6.16. The highest BCUT2D eigenvalue weighted by molar-refractivity contribution is 6.32. The Bertz CT molecular complexity index is 328. The molecule has 0 saturated heterocycles. The molecule has 2 nitrogen and oxygen atoms in total. The van der Waals surface area contributed by atoms with Crippen molar-refractivity contribution in [3.63, 3.8) is 0 Å². The van der Waals surface area contributed by atoms with Gasteiger partial charge in [0.15, 0.2) is 0 Å². The Labute approximate surface area is 103 Å². The number of hydrogen-bond donors (Lipinski definition) is 1. The Morgan fingerprint density at radius 2 is 2.19 bits per heavy atom. The van der Waals surface area contributed by atoms with Gasteiger partial charge in [0.05, 0.1) is 11.1 Å². The van der Waals surface area contributed by atoms with E-state index in [0.29, 0.717) is 5.02 Å². The van der Waals surface area contributed by atoms with Gasteiger partial charge in [0.25, 0.3) is 0 Å². The molecule has 90 valence electrons. The molecular formula is C13H20ClNO. The molecule has 16 heavy (non-hydrogen) atoms. The highest BCUT2D eigenvalue weighted by Crippen LogP contribution is 2.30. The van der Waals surface area contributed by atoms with Gasteiger partial charge in [0, 0.05) is 12.1 Å². The number of rotatable bonds is 6. The van der Waals surface area contributed by atoms with E-state index in [4.69, 9.17) is 16.3 Å². The van der Waals surface area contributed by atoms with Crippen molar-refractivity contribution < 1.29 is 4.74 Å². The van der Waals surface area contributed by atoms with Gasteiger partial charge in [0.1, 0.15) is 5.75 Å². The average molecular weight is 242 g/mol. The minimum absolute atomic E-state index is 0.209. The smallest absolute Gasteiger partial charge is 0.142 e. The molecule has 1 atom stereocenters. The van der Waals surface area contributed by atoms with Crippen LogP contribution in [0.25, 0.3) is 0 Å². The Hall–Kier alpha value is -0.730. The third kappa shape index (κ3) is 3.69. The van der Waals surface area contributed by atoms with Crippen molar-refractivity contribution in [2.45, 2.75) is 39.3 Å². The van der Waals surface area contributed by atoms with Crippen molar-refractivity contribution in [1.82, 2.24) is 5.32 Å². The molecule has 1 aromatic carbocycles.